The van der Waals surface area contributed by atoms with E-state index in [1.54, 1.807) is 24.3 Å². The van der Waals surface area contributed by atoms with Crippen LogP contribution in [0.4, 0.5) is 0 Å². The quantitative estimate of drug-likeness (QED) is 0.777. The van der Waals surface area contributed by atoms with Gasteiger partial charge in [0.25, 0.3) is 5.91 Å². The number of rotatable bonds is 6. The lowest BCUT2D eigenvalue weighted by atomic mass is 10.3. The zero-order valence-corrected chi connectivity index (χ0v) is 10.9. The fourth-order valence-corrected chi connectivity index (χ4v) is 1.19. The minimum absolute atomic E-state index is 0. The molecule has 0 aliphatic carbocycles. The Labute approximate surface area is 112 Å². The SMILES string of the molecule is Cl.NCCCNC(=O)COc1ccc(Cl)cc1. The Kier molecular flexibility index (Phi) is 8.58. The maximum Gasteiger partial charge on any atom is 0.257 e. The average Bonchev–Trinajstić information content (AvgIpc) is 2.29. The number of benzene rings is 1. The molecule has 0 aliphatic heterocycles. The summed E-state index contributed by atoms with van der Waals surface area (Å²) in [5.74, 6) is 0.474. The van der Waals surface area contributed by atoms with Crippen molar-refractivity contribution in [3.8, 4) is 5.75 Å². The second-order valence-corrected chi connectivity index (χ2v) is 3.67. The molecule has 0 aromatic heterocycles. The van der Waals surface area contributed by atoms with Gasteiger partial charge in [-0.05, 0) is 37.2 Å². The molecule has 0 bridgehead atoms. The third-order valence-electron chi connectivity index (χ3n) is 1.89. The monoisotopic (exact) mass is 278 g/mol. The first-order chi connectivity index (χ1) is 7.72. The van der Waals surface area contributed by atoms with Crippen LogP contribution in [0.15, 0.2) is 24.3 Å². The molecule has 0 radical (unpaired) electrons. The molecule has 17 heavy (non-hydrogen) atoms. The smallest absolute Gasteiger partial charge is 0.257 e. The Bertz CT molecular complexity index is 331. The highest BCUT2D eigenvalue weighted by Gasteiger charge is 2.01. The maximum absolute atomic E-state index is 11.3. The van der Waals surface area contributed by atoms with Crippen LogP contribution < -0.4 is 15.8 Å². The number of carbonyl (C=O) groups is 1. The second-order valence-electron chi connectivity index (χ2n) is 3.23. The van der Waals surface area contributed by atoms with E-state index in [-0.39, 0.29) is 24.9 Å². The molecule has 1 aromatic carbocycles. The lowest BCUT2D eigenvalue weighted by Gasteiger charge is -2.06. The van der Waals surface area contributed by atoms with Crippen LogP contribution in [0.1, 0.15) is 6.42 Å². The molecule has 1 rings (SSSR count). The minimum Gasteiger partial charge on any atom is -0.484 e. The third-order valence-corrected chi connectivity index (χ3v) is 2.14. The van der Waals surface area contributed by atoms with Crippen molar-refractivity contribution in [1.29, 1.82) is 0 Å². The summed E-state index contributed by atoms with van der Waals surface area (Å²) in [6.45, 7) is 1.16. The normalized spacial score (nSPS) is 9.29. The van der Waals surface area contributed by atoms with Crippen LogP contribution in [0.5, 0.6) is 5.75 Å². The molecule has 1 aromatic rings. The number of amides is 1. The first kappa shape index (κ1) is 16.0. The van der Waals surface area contributed by atoms with E-state index < -0.39 is 0 Å². The van der Waals surface area contributed by atoms with Gasteiger partial charge in [0.1, 0.15) is 5.75 Å². The van der Waals surface area contributed by atoms with Gasteiger partial charge in [-0.1, -0.05) is 11.6 Å². The Morgan fingerprint density at radius 1 is 1.35 bits per heavy atom. The van der Waals surface area contributed by atoms with E-state index in [0.29, 0.717) is 23.9 Å². The Hall–Kier alpha value is -0.970. The lowest BCUT2D eigenvalue weighted by molar-refractivity contribution is -0.123. The van der Waals surface area contributed by atoms with Crippen LogP contribution in [0.25, 0.3) is 0 Å². The fourth-order valence-electron chi connectivity index (χ4n) is 1.06. The van der Waals surface area contributed by atoms with E-state index >= 15 is 0 Å². The van der Waals surface area contributed by atoms with Gasteiger partial charge in [0.05, 0.1) is 0 Å². The predicted molar refractivity (Wildman–Crippen MR) is 70.9 cm³/mol. The van der Waals surface area contributed by atoms with Gasteiger partial charge in [-0.2, -0.15) is 0 Å². The summed E-state index contributed by atoms with van der Waals surface area (Å²) in [5, 5.41) is 3.33. The standard InChI is InChI=1S/C11H15ClN2O2.ClH/c12-9-2-4-10(5-3-9)16-8-11(15)14-7-1-6-13;/h2-5H,1,6-8,13H2,(H,14,15);1H. The van der Waals surface area contributed by atoms with Crippen LogP contribution in [0.3, 0.4) is 0 Å². The molecule has 0 atom stereocenters. The van der Waals surface area contributed by atoms with Gasteiger partial charge >= 0.3 is 0 Å². The molecular weight excluding hydrogens is 263 g/mol. The predicted octanol–water partition coefficient (Wildman–Crippen LogP) is 1.61. The van der Waals surface area contributed by atoms with E-state index in [0.717, 1.165) is 6.42 Å². The van der Waals surface area contributed by atoms with Crippen molar-refractivity contribution >= 4 is 29.9 Å². The summed E-state index contributed by atoms with van der Waals surface area (Å²) in [5.41, 5.74) is 5.30. The zero-order valence-electron chi connectivity index (χ0n) is 9.32. The van der Waals surface area contributed by atoms with Gasteiger partial charge in [0.15, 0.2) is 6.61 Å². The summed E-state index contributed by atoms with van der Waals surface area (Å²) >= 11 is 5.71. The second kappa shape index (κ2) is 9.10. The van der Waals surface area contributed by atoms with Gasteiger partial charge in [0, 0.05) is 11.6 Å². The van der Waals surface area contributed by atoms with Crippen molar-refractivity contribution < 1.29 is 9.53 Å². The van der Waals surface area contributed by atoms with Gasteiger partial charge in [-0.15, -0.1) is 12.4 Å². The molecule has 0 saturated carbocycles. The van der Waals surface area contributed by atoms with Crippen molar-refractivity contribution in [3.05, 3.63) is 29.3 Å². The van der Waals surface area contributed by atoms with E-state index in [9.17, 15) is 4.79 Å². The molecule has 4 nitrogen and oxygen atoms in total. The Balaban J connectivity index is 0.00000256. The highest BCUT2D eigenvalue weighted by Crippen LogP contribution is 2.15. The summed E-state index contributed by atoms with van der Waals surface area (Å²) < 4.78 is 5.25. The molecule has 6 heteroatoms. The number of hydrogen-bond acceptors (Lipinski definition) is 3. The van der Waals surface area contributed by atoms with E-state index in [1.165, 1.54) is 0 Å². The first-order valence-corrected chi connectivity index (χ1v) is 5.45. The molecule has 0 heterocycles. The molecule has 1 amide bonds. The molecule has 3 N–H and O–H groups in total. The summed E-state index contributed by atoms with van der Waals surface area (Å²) in [7, 11) is 0. The van der Waals surface area contributed by atoms with Crippen LogP contribution >= 0.6 is 24.0 Å². The molecule has 0 unspecified atom stereocenters. The third kappa shape index (κ3) is 7.05. The minimum atomic E-state index is -0.150. The van der Waals surface area contributed by atoms with Crippen LogP contribution in [-0.2, 0) is 4.79 Å². The largest absolute Gasteiger partial charge is 0.484 e. The van der Waals surface area contributed by atoms with E-state index in [2.05, 4.69) is 5.32 Å². The highest BCUT2D eigenvalue weighted by atomic mass is 35.5. The zero-order chi connectivity index (χ0) is 11.8. The van der Waals surface area contributed by atoms with E-state index in [4.69, 9.17) is 22.1 Å². The van der Waals surface area contributed by atoms with Crippen molar-refractivity contribution in [2.24, 2.45) is 5.73 Å². The van der Waals surface area contributed by atoms with Gasteiger partial charge in [-0.3, -0.25) is 4.79 Å². The molecule has 0 saturated heterocycles. The van der Waals surface area contributed by atoms with E-state index in [1.807, 2.05) is 0 Å². The number of carbonyl (C=O) groups excluding carboxylic acids is 1. The van der Waals surface area contributed by atoms with Crippen molar-refractivity contribution in [2.75, 3.05) is 19.7 Å². The van der Waals surface area contributed by atoms with Crippen molar-refractivity contribution in [1.82, 2.24) is 5.32 Å². The van der Waals surface area contributed by atoms with Crippen LogP contribution in [0, 0.1) is 0 Å². The van der Waals surface area contributed by atoms with Crippen LogP contribution in [0.2, 0.25) is 5.02 Å². The first-order valence-electron chi connectivity index (χ1n) is 5.07. The van der Waals surface area contributed by atoms with Crippen molar-refractivity contribution in [3.63, 3.8) is 0 Å². The number of nitrogens with two attached hydrogens (primary N) is 1. The maximum atomic E-state index is 11.3. The van der Waals surface area contributed by atoms with Crippen LogP contribution in [-0.4, -0.2) is 25.6 Å². The summed E-state index contributed by atoms with van der Waals surface area (Å²) in [6.07, 6.45) is 0.771. The lowest BCUT2D eigenvalue weighted by Crippen LogP contribution is -2.30. The van der Waals surface area contributed by atoms with Crippen molar-refractivity contribution in [2.45, 2.75) is 6.42 Å². The molecule has 0 aliphatic rings. The number of hydrogen-bond donors (Lipinski definition) is 2. The molecule has 96 valence electrons. The molecule has 0 spiro atoms. The van der Waals surface area contributed by atoms with Gasteiger partial charge < -0.3 is 15.8 Å². The van der Waals surface area contributed by atoms with Gasteiger partial charge in [0.2, 0.25) is 0 Å². The number of nitrogens with one attached hydrogen (secondary N) is 1. The Morgan fingerprint density at radius 3 is 2.59 bits per heavy atom. The molecular formula is C11H16Cl2N2O2. The Morgan fingerprint density at radius 2 is 2.00 bits per heavy atom. The summed E-state index contributed by atoms with van der Waals surface area (Å²) in [4.78, 5) is 11.3. The molecule has 0 fully saturated rings. The van der Waals surface area contributed by atoms with Gasteiger partial charge in [-0.25, -0.2) is 0 Å². The fraction of sp³-hybridized carbons (Fsp3) is 0.364. The average molecular weight is 279 g/mol. The topological polar surface area (TPSA) is 64.3 Å². The number of ether oxygens (including phenoxy) is 1. The number of halogens is 2. The summed E-state index contributed by atoms with van der Waals surface area (Å²) in [6, 6.07) is 6.86. The highest BCUT2D eigenvalue weighted by molar-refractivity contribution is 6.30.